The maximum atomic E-state index is 11.4. The summed E-state index contributed by atoms with van der Waals surface area (Å²) in [5.74, 6) is 1.82. The molecule has 0 atom stereocenters. The average Bonchev–Trinajstić information content (AvgIpc) is 2.71. The molecule has 0 fully saturated rings. The molecule has 2 aromatic carbocycles. The van der Waals surface area contributed by atoms with E-state index in [4.69, 9.17) is 15.2 Å². The summed E-state index contributed by atoms with van der Waals surface area (Å²) in [6, 6.07) is 12.9. The second-order valence-corrected chi connectivity index (χ2v) is 6.27. The van der Waals surface area contributed by atoms with Crippen molar-refractivity contribution in [3.05, 3.63) is 59.2 Å². The number of methoxy groups -OCH3 is 2. The number of nitrogens with two attached hydrogens (primary N) is 1. The number of amides is 1. The molecular formula is C21H28N4O3. The van der Waals surface area contributed by atoms with Crippen LogP contribution in [-0.2, 0) is 13.1 Å². The normalized spacial score (nSPS) is 11.1. The van der Waals surface area contributed by atoms with E-state index in [0.29, 0.717) is 18.7 Å². The number of carbonyl (C=O) groups excluding carboxylic acids is 1. The molecule has 0 bridgehead atoms. The molecule has 28 heavy (non-hydrogen) atoms. The van der Waals surface area contributed by atoms with Gasteiger partial charge in [-0.2, -0.15) is 0 Å². The van der Waals surface area contributed by atoms with E-state index in [0.717, 1.165) is 35.1 Å². The van der Waals surface area contributed by atoms with Gasteiger partial charge < -0.3 is 25.4 Å². The van der Waals surface area contributed by atoms with E-state index in [-0.39, 0.29) is 0 Å². The van der Waals surface area contributed by atoms with E-state index in [1.165, 1.54) is 0 Å². The molecule has 7 nitrogen and oxygen atoms in total. The highest BCUT2D eigenvalue weighted by atomic mass is 16.5. The number of rotatable bonds is 8. The van der Waals surface area contributed by atoms with E-state index in [9.17, 15) is 4.79 Å². The van der Waals surface area contributed by atoms with Gasteiger partial charge in [0, 0.05) is 37.3 Å². The standard InChI is InChI=1S/C21H28N4O3/c1-5-23-21(24-13-15-7-6-8-16(11-15)20(22)26)25(2)14-17-9-10-18(27-3)12-19(17)28-4/h6-12H,5,13-14H2,1-4H3,(H2,22,26)(H,23,24). The summed E-state index contributed by atoms with van der Waals surface area (Å²) in [5, 5.41) is 3.29. The zero-order valence-electron chi connectivity index (χ0n) is 16.9. The quantitative estimate of drug-likeness (QED) is 0.539. The van der Waals surface area contributed by atoms with E-state index >= 15 is 0 Å². The third-order valence-electron chi connectivity index (χ3n) is 4.22. The fourth-order valence-electron chi connectivity index (χ4n) is 2.77. The first-order chi connectivity index (χ1) is 13.5. The molecule has 0 unspecified atom stereocenters. The summed E-state index contributed by atoms with van der Waals surface area (Å²) >= 11 is 0. The van der Waals surface area contributed by atoms with Gasteiger partial charge in [-0.1, -0.05) is 12.1 Å². The van der Waals surface area contributed by atoms with Crippen molar-refractivity contribution in [3.8, 4) is 11.5 Å². The van der Waals surface area contributed by atoms with E-state index in [2.05, 4.69) is 10.3 Å². The Kier molecular flexibility index (Phi) is 7.68. The lowest BCUT2D eigenvalue weighted by Crippen LogP contribution is -2.38. The van der Waals surface area contributed by atoms with Crippen LogP contribution in [0.5, 0.6) is 11.5 Å². The Morgan fingerprint density at radius 2 is 1.96 bits per heavy atom. The van der Waals surface area contributed by atoms with Crippen LogP contribution in [0.3, 0.4) is 0 Å². The maximum absolute atomic E-state index is 11.4. The van der Waals surface area contributed by atoms with Gasteiger partial charge in [-0.05, 0) is 36.8 Å². The molecule has 0 heterocycles. The Hall–Kier alpha value is -3.22. The molecule has 0 aliphatic heterocycles. The minimum atomic E-state index is -0.443. The largest absolute Gasteiger partial charge is 0.497 e. The highest BCUT2D eigenvalue weighted by Crippen LogP contribution is 2.25. The van der Waals surface area contributed by atoms with Gasteiger partial charge in [-0.3, -0.25) is 4.79 Å². The summed E-state index contributed by atoms with van der Waals surface area (Å²) in [6.45, 7) is 3.81. The van der Waals surface area contributed by atoms with E-state index in [1.807, 2.05) is 49.2 Å². The number of benzene rings is 2. The molecule has 7 heteroatoms. The van der Waals surface area contributed by atoms with Crippen LogP contribution in [-0.4, -0.2) is 44.6 Å². The maximum Gasteiger partial charge on any atom is 0.248 e. The van der Waals surface area contributed by atoms with E-state index in [1.54, 1.807) is 26.4 Å². The molecule has 2 rings (SSSR count). The first kappa shape index (κ1) is 21.1. The third kappa shape index (κ3) is 5.64. The lowest BCUT2D eigenvalue weighted by Gasteiger charge is -2.23. The molecule has 0 aliphatic rings. The van der Waals surface area contributed by atoms with Crippen LogP contribution < -0.4 is 20.5 Å². The van der Waals surface area contributed by atoms with Crippen LogP contribution in [0.2, 0.25) is 0 Å². The van der Waals surface area contributed by atoms with Crippen LogP contribution in [0.25, 0.3) is 0 Å². The Morgan fingerprint density at radius 1 is 1.18 bits per heavy atom. The first-order valence-corrected chi connectivity index (χ1v) is 9.07. The van der Waals surface area contributed by atoms with Gasteiger partial charge in [0.25, 0.3) is 0 Å². The van der Waals surface area contributed by atoms with Crippen molar-refractivity contribution in [3.63, 3.8) is 0 Å². The number of aliphatic imine (C=N–C) groups is 1. The van der Waals surface area contributed by atoms with Crippen LogP contribution in [0, 0.1) is 0 Å². The predicted molar refractivity (Wildman–Crippen MR) is 111 cm³/mol. The number of hydrogen-bond acceptors (Lipinski definition) is 4. The van der Waals surface area contributed by atoms with Crippen LogP contribution in [0.15, 0.2) is 47.5 Å². The summed E-state index contributed by atoms with van der Waals surface area (Å²) < 4.78 is 10.7. The second kappa shape index (κ2) is 10.2. The fourth-order valence-corrected chi connectivity index (χ4v) is 2.77. The van der Waals surface area contributed by atoms with Gasteiger partial charge in [0.15, 0.2) is 5.96 Å². The topological polar surface area (TPSA) is 89.2 Å². The SMILES string of the molecule is CCNC(=NCc1cccc(C(N)=O)c1)N(C)Cc1ccc(OC)cc1OC. The zero-order valence-corrected chi connectivity index (χ0v) is 16.9. The Balaban J connectivity index is 2.17. The van der Waals surface area contributed by atoms with Crippen molar-refractivity contribution in [2.45, 2.75) is 20.0 Å². The molecule has 0 saturated heterocycles. The number of ether oxygens (including phenoxy) is 2. The van der Waals surface area contributed by atoms with Crippen LogP contribution in [0.4, 0.5) is 0 Å². The molecule has 2 aromatic rings. The average molecular weight is 384 g/mol. The summed E-state index contributed by atoms with van der Waals surface area (Å²) in [4.78, 5) is 18.1. The smallest absolute Gasteiger partial charge is 0.248 e. The molecule has 0 saturated carbocycles. The van der Waals surface area contributed by atoms with Gasteiger partial charge in [-0.25, -0.2) is 4.99 Å². The van der Waals surface area contributed by atoms with Gasteiger partial charge in [0.05, 0.1) is 20.8 Å². The van der Waals surface area contributed by atoms with Gasteiger partial charge >= 0.3 is 0 Å². The van der Waals surface area contributed by atoms with Crippen molar-refractivity contribution in [2.24, 2.45) is 10.7 Å². The first-order valence-electron chi connectivity index (χ1n) is 9.07. The summed E-state index contributed by atoms with van der Waals surface area (Å²) in [7, 11) is 5.23. The van der Waals surface area contributed by atoms with Crippen LogP contribution in [0.1, 0.15) is 28.4 Å². The molecule has 0 aromatic heterocycles. The molecule has 0 spiro atoms. The number of guanidine groups is 1. The van der Waals surface area contributed by atoms with Crippen LogP contribution >= 0.6 is 0 Å². The number of primary amides is 1. The number of nitrogens with one attached hydrogen (secondary N) is 1. The minimum absolute atomic E-state index is 0.438. The predicted octanol–water partition coefficient (Wildman–Crippen LogP) is 2.40. The van der Waals surface area contributed by atoms with Gasteiger partial charge in [0.1, 0.15) is 11.5 Å². The molecule has 3 N–H and O–H groups in total. The van der Waals surface area contributed by atoms with Gasteiger partial charge in [0.2, 0.25) is 5.91 Å². The Bertz CT molecular complexity index is 836. The molecule has 1 amide bonds. The molecule has 0 aliphatic carbocycles. The Labute approximate surface area is 166 Å². The number of carbonyl (C=O) groups is 1. The number of nitrogens with zero attached hydrogens (tertiary/aromatic N) is 2. The summed E-state index contributed by atoms with van der Waals surface area (Å²) in [6.07, 6.45) is 0. The van der Waals surface area contributed by atoms with Crippen molar-refractivity contribution in [1.82, 2.24) is 10.2 Å². The minimum Gasteiger partial charge on any atom is -0.497 e. The Morgan fingerprint density at radius 3 is 2.61 bits per heavy atom. The molecule has 0 radical (unpaired) electrons. The lowest BCUT2D eigenvalue weighted by molar-refractivity contribution is 0.1000. The monoisotopic (exact) mass is 384 g/mol. The highest BCUT2D eigenvalue weighted by Gasteiger charge is 2.11. The second-order valence-electron chi connectivity index (χ2n) is 6.27. The van der Waals surface area contributed by atoms with Crippen molar-refractivity contribution in [1.29, 1.82) is 0 Å². The fraction of sp³-hybridized carbons (Fsp3) is 0.333. The zero-order chi connectivity index (χ0) is 20.5. The van der Waals surface area contributed by atoms with Gasteiger partial charge in [-0.15, -0.1) is 0 Å². The highest BCUT2D eigenvalue weighted by molar-refractivity contribution is 5.92. The summed E-state index contributed by atoms with van der Waals surface area (Å²) in [5.41, 5.74) is 7.77. The number of hydrogen-bond donors (Lipinski definition) is 2. The van der Waals surface area contributed by atoms with E-state index < -0.39 is 5.91 Å². The third-order valence-corrected chi connectivity index (χ3v) is 4.22. The van der Waals surface area contributed by atoms with Crippen molar-refractivity contribution >= 4 is 11.9 Å². The molecular weight excluding hydrogens is 356 g/mol. The van der Waals surface area contributed by atoms with Crippen molar-refractivity contribution in [2.75, 3.05) is 27.8 Å². The lowest BCUT2D eigenvalue weighted by atomic mass is 10.1. The van der Waals surface area contributed by atoms with Crippen molar-refractivity contribution < 1.29 is 14.3 Å². The molecule has 150 valence electrons.